The van der Waals surface area contributed by atoms with E-state index in [2.05, 4.69) is 84.5 Å². The third kappa shape index (κ3) is 3.15. The monoisotopic (exact) mass is 368 g/mol. The van der Waals surface area contributed by atoms with Crippen LogP contribution in [0.3, 0.4) is 0 Å². The third-order valence-electron chi connectivity index (χ3n) is 5.68. The molecule has 8 bridgehead atoms. The summed E-state index contributed by atoms with van der Waals surface area (Å²) >= 11 is 0. The number of hydrogen-bond acceptors (Lipinski definition) is 2. The van der Waals surface area contributed by atoms with Gasteiger partial charge in [-0.1, -0.05) is 26.0 Å². The lowest BCUT2D eigenvalue weighted by Crippen LogP contribution is -2.05. The van der Waals surface area contributed by atoms with Crippen LogP contribution in [0.2, 0.25) is 0 Å². The molecule has 4 nitrogen and oxygen atoms in total. The Balaban J connectivity index is 1.62. The van der Waals surface area contributed by atoms with Crippen LogP contribution in [0.25, 0.3) is 22.8 Å². The van der Waals surface area contributed by atoms with Gasteiger partial charge in [-0.05, 0) is 66.8 Å². The molecule has 0 spiro atoms. The number of H-pyrrole nitrogens is 2. The standard InChI is InChI=1S/C24H24N4/c1-15-13-16(2)20-6-4-8-22(28-20)24-12-10-18(26-24)14-17-9-11-23(25-17)21-7-3-5-19(15)27-21/h3-12,15-16,25-26H,13-14H2,1-2H3. The maximum atomic E-state index is 4.95. The first-order valence-corrected chi connectivity index (χ1v) is 9.96. The fourth-order valence-electron chi connectivity index (χ4n) is 4.11. The van der Waals surface area contributed by atoms with E-state index in [0.29, 0.717) is 11.8 Å². The molecule has 140 valence electrons. The molecule has 0 fully saturated rings. The Labute approximate surface area is 165 Å². The van der Waals surface area contributed by atoms with Gasteiger partial charge < -0.3 is 9.97 Å². The number of nitrogens with one attached hydrogen (secondary N) is 2. The van der Waals surface area contributed by atoms with E-state index in [1.807, 2.05) is 0 Å². The van der Waals surface area contributed by atoms with Gasteiger partial charge in [-0.15, -0.1) is 0 Å². The molecule has 4 heteroatoms. The Bertz CT molecular complexity index is 1030. The average molecular weight is 368 g/mol. The van der Waals surface area contributed by atoms with E-state index in [4.69, 9.17) is 9.97 Å². The van der Waals surface area contributed by atoms with Crippen LogP contribution in [-0.4, -0.2) is 19.9 Å². The summed E-state index contributed by atoms with van der Waals surface area (Å²) in [4.78, 5) is 17.0. The van der Waals surface area contributed by atoms with E-state index in [1.54, 1.807) is 0 Å². The highest BCUT2D eigenvalue weighted by atomic mass is 14.8. The Kier molecular flexibility index (Phi) is 4.12. The predicted octanol–water partition coefficient (Wildman–Crippen LogP) is 5.67. The molecule has 5 heterocycles. The van der Waals surface area contributed by atoms with E-state index in [9.17, 15) is 0 Å². The van der Waals surface area contributed by atoms with Crippen molar-refractivity contribution in [3.63, 3.8) is 0 Å². The van der Waals surface area contributed by atoms with Crippen molar-refractivity contribution < 1.29 is 0 Å². The number of nitrogens with zero attached hydrogens (tertiary/aromatic N) is 2. The van der Waals surface area contributed by atoms with Crippen molar-refractivity contribution in [2.45, 2.75) is 38.5 Å². The maximum absolute atomic E-state index is 4.95. The van der Waals surface area contributed by atoms with Crippen molar-refractivity contribution in [1.82, 2.24) is 19.9 Å². The van der Waals surface area contributed by atoms with Crippen LogP contribution in [0.15, 0.2) is 60.7 Å². The zero-order valence-corrected chi connectivity index (χ0v) is 16.2. The van der Waals surface area contributed by atoms with Crippen molar-refractivity contribution in [3.05, 3.63) is 83.4 Å². The molecule has 0 saturated carbocycles. The van der Waals surface area contributed by atoms with Gasteiger partial charge in [-0.25, -0.2) is 0 Å². The molecule has 1 aliphatic heterocycles. The van der Waals surface area contributed by atoms with Gasteiger partial charge in [0.2, 0.25) is 0 Å². The van der Waals surface area contributed by atoms with Gasteiger partial charge in [0.05, 0.1) is 22.8 Å². The zero-order chi connectivity index (χ0) is 19.1. The van der Waals surface area contributed by atoms with E-state index in [0.717, 1.165) is 47.0 Å². The van der Waals surface area contributed by atoms with Crippen molar-refractivity contribution in [2.75, 3.05) is 0 Å². The number of rotatable bonds is 0. The first-order chi connectivity index (χ1) is 13.7. The molecular weight excluding hydrogens is 344 g/mol. The molecule has 4 aromatic rings. The largest absolute Gasteiger partial charge is 0.357 e. The lowest BCUT2D eigenvalue weighted by molar-refractivity contribution is 0.572. The minimum atomic E-state index is 0.361. The zero-order valence-electron chi connectivity index (χ0n) is 16.2. The van der Waals surface area contributed by atoms with Crippen LogP contribution < -0.4 is 0 Å². The normalized spacial score (nSPS) is 18.8. The predicted molar refractivity (Wildman–Crippen MR) is 112 cm³/mol. The smallest absolute Gasteiger partial charge is 0.0867 e. The lowest BCUT2D eigenvalue weighted by atomic mass is 9.91. The summed E-state index contributed by atoms with van der Waals surface area (Å²) in [7, 11) is 0. The summed E-state index contributed by atoms with van der Waals surface area (Å²) in [6.07, 6.45) is 1.84. The Hall–Kier alpha value is -3.14. The number of hydrogen-bond donors (Lipinski definition) is 2. The van der Waals surface area contributed by atoms with Crippen molar-refractivity contribution in [3.8, 4) is 22.8 Å². The molecular formula is C24H24N4. The van der Waals surface area contributed by atoms with Crippen molar-refractivity contribution in [1.29, 1.82) is 0 Å². The molecule has 2 unspecified atom stereocenters. The molecule has 0 aromatic carbocycles. The second-order valence-electron chi connectivity index (χ2n) is 7.90. The first-order valence-electron chi connectivity index (χ1n) is 9.96. The second kappa shape index (κ2) is 6.79. The number of aromatic nitrogens is 4. The fraction of sp³-hybridized carbons (Fsp3) is 0.250. The Morgan fingerprint density at radius 2 is 1.18 bits per heavy atom. The van der Waals surface area contributed by atoms with Gasteiger partial charge in [0.25, 0.3) is 0 Å². The first kappa shape index (κ1) is 17.0. The van der Waals surface area contributed by atoms with Crippen LogP contribution in [0, 0.1) is 0 Å². The van der Waals surface area contributed by atoms with E-state index in [1.165, 1.54) is 11.4 Å². The molecule has 2 atom stereocenters. The summed E-state index contributed by atoms with van der Waals surface area (Å²) in [5.74, 6) is 0.722. The van der Waals surface area contributed by atoms with E-state index < -0.39 is 0 Å². The van der Waals surface area contributed by atoms with Crippen LogP contribution >= 0.6 is 0 Å². The quantitative estimate of drug-likeness (QED) is 0.420. The molecule has 2 N–H and O–H groups in total. The van der Waals surface area contributed by atoms with E-state index in [-0.39, 0.29) is 0 Å². The minimum absolute atomic E-state index is 0.361. The van der Waals surface area contributed by atoms with Crippen LogP contribution in [0.4, 0.5) is 0 Å². The molecule has 1 aliphatic rings. The second-order valence-corrected chi connectivity index (χ2v) is 7.90. The third-order valence-corrected chi connectivity index (χ3v) is 5.68. The summed E-state index contributed by atoms with van der Waals surface area (Å²) < 4.78 is 0. The molecule has 0 aliphatic carbocycles. The maximum Gasteiger partial charge on any atom is 0.0867 e. The molecule has 5 rings (SSSR count). The number of fused-ring (bicyclic) bond motifs is 10. The number of pyridine rings is 2. The van der Waals surface area contributed by atoms with E-state index >= 15 is 0 Å². The summed E-state index contributed by atoms with van der Waals surface area (Å²) in [6.45, 7) is 4.51. The summed E-state index contributed by atoms with van der Waals surface area (Å²) in [6, 6.07) is 21.2. The summed E-state index contributed by atoms with van der Waals surface area (Å²) in [5, 5.41) is 0. The van der Waals surface area contributed by atoms with Crippen molar-refractivity contribution >= 4 is 0 Å². The summed E-state index contributed by atoms with van der Waals surface area (Å²) in [5.41, 5.74) is 8.76. The molecule has 0 radical (unpaired) electrons. The van der Waals surface area contributed by atoms with Gasteiger partial charge in [0.15, 0.2) is 0 Å². The number of aromatic amines is 2. The molecule has 4 aromatic heterocycles. The topological polar surface area (TPSA) is 57.4 Å². The highest BCUT2D eigenvalue weighted by Gasteiger charge is 2.17. The fourth-order valence-corrected chi connectivity index (χ4v) is 4.11. The van der Waals surface area contributed by atoms with Gasteiger partial charge in [-0.2, -0.15) is 0 Å². The van der Waals surface area contributed by atoms with Crippen LogP contribution in [0.1, 0.15) is 54.9 Å². The van der Waals surface area contributed by atoms with Crippen LogP contribution in [-0.2, 0) is 6.42 Å². The minimum Gasteiger partial charge on any atom is -0.357 e. The lowest BCUT2D eigenvalue weighted by Gasteiger charge is -2.18. The van der Waals surface area contributed by atoms with Gasteiger partial charge >= 0.3 is 0 Å². The van der Waals surface area contributed by atoms with Gasteiger partial charge in [0.1, 0.15) is 0 Å². The van der Waals surface area contributed by atoms with Crippen molar-refractivity contribution in [2.24, 2.45) is 0 Å². The van der Waals surface area contributed by atoms with Gasteiger partial charge in [-0.3, -0.25) is 9.97 Å². The highest BCUT2D eigenvalue weighted by molar-refractivity contribution is 5.57. The average Bonchev–Trinajstić information content (AvgIpc) is 3.38. The molecule has 0 amide bonds. The molecule has 28 heavy (non-hydrogen) atoms. The van der Waals surface area contributed by atoms with Crippen LogP contribution in [0.5, 0.6) is 0 Å². The SMILES string of the molecule is CC1CC(C)c2cccc(n2)-c2ccc([nH]2)Cc2ccc([nH]2)-c2cccc1n2. The van der Waals surface area contributed by atoms with Gasteiger partial charge in [0, 0.05) is 29.2 Å². The molecule has 0 saturated heterocycles. The Morgan fingerprint density at radius 3 is 1.68 bits per heavy atom. The highest BCUT2D eigenvalue weighted by Crippen LogP contribution is 2.30. The Morgan fingerprint density at radius 1 is 0.679 bits per heavy atom.